The maximum absolute atomic E-state index is 10.2. The lowest BCUT2D eigenvalue weighted by Gasteiger charge is -2.14. The highest BCUT2D eigenvalue weighted by atomic mass is 31.1. The van der Waals surface area contributed by atoms with Crippen molar-refractivity contribution in [2.24, 2.45) is 11.7 Å². The van der Waals surface area contributed by atoms with Crippen molar-refractivity contribution in [3.63, 3.8) is 0 Å². The molecule has 3 nitrogen and oxygen atoms in total. The van der Waals surface area contributed by atoms with Crippen LogP contribution in [0, 0.1) is 5.92 Å². The summed E-state index contributed by atoms with van der Waals surface area (Å²) in [5, 5.41) is 0. The zero-order valence-corrected chi connectivity index (χ0v) is 8.72. The van der Waals surface area contributed by atoms with E-state index < -0.39 is 0 Å². The van der Waals surface area contributed by atoms with Gasteiger partial charge in [0.15, 0.2) is 0 Å². The lowest BCUT2D eigenvalue weighted by molar-refractivity contribution is 0.181. The summed E-state index contributed by atoms with van der Waals surface area (Å²) in [5.74, 6) is 0.578. The van der Waals surface area contributed by atoms with Crippen LogP contribution in [0.4, 0.5) is 0 Å². The van der Waals surface area contributed by atoms with Gasteiger partial charge < -0.3 is 5.73 Å². The lowest BCUT2D eigenvalue weighted by Crippen LogP contribution is -2.13. The quantitative estimate of drug-likeness (QED) is 0.628. The van der Waals surface area contributed by atoms with Gasteiger partial charge in [-0.25, -0.2) is 4.57 Å². The Morgan fingerprint density at radius 3 is 2.58 bits per heavy atom. The predicted octanol–water partition coefficient (Wildman–Crippen LogP) is 2.36. The standard InChI is InChI=1S/C8H18NO2P/c1-7(2)6-8(11-12-10)4-3-5-9/h7-8H,3-6,9H2,1-2H3. The minimum absolute atomic E-state index is 0.104. The third kappa shape index (κ3) is 6.71. The monoisotopic (exact) mass is 191 g/mol. The molecule has 0 fully saturated rings. The number of nitrogens with two attached hydrogens (primary N) is 1. The maximum atomic E-state index is 10.2. The van der Waals surface area contributed by atoms with Crippen LogP contribution in [0.3, 0.4) is 0 Å². The first-order valence-corrected chi connectivity index (χ1v) is 5.12. The molecular formula is C8H18NO2P. The third-order valence-corrected chi connectivity index (χ3v) is 2.04. The molecule has 0 saturated carbocycles. The van der Waals surface area contributed by atoms with E-state index in [9.17, 15) is 4.57 Å². The van der Waals surface area contributed by atoms with Crippen molar-refractivity contribution in [1.29, 1.82) is 0 Å². The highest BCUT2D eigenvalue weighted by Gasteiger charge is 2.10. The predicted molar refractivity (Wildman–Crippen MR) is 50.2 cm³/mol. The molecule has 0 aromatic rings. The van der Waals surface area contributed by atoms with E-state index in [-0.39, 0.29) is 14.8 Å². The Morgan fingerprint density at radius 2 is 2.17 bits per heavy atom. The molecule has 0 heterocycles. The van der Waals surface area contributed by atoms with E-state index in [1.807, 2.05) is 0 Å². The van der Waals surface area contributed by atoms with Crippen LogP contribution in [0.25, 0.3) is 0 Å². The van der Waals surface area contributed by atoms with Crippen LogP contribution >= 0.6 is 8.69 Å². The molecule has 0 radical (unpaired) electrons. The average Bonchev–Trinajstić information content (AvgIpc) is 2.00. The third-order valence-electron chi connectivity index (χ3n) is 1.66. The molecule has 0 aliphatic rings. The van der Waals surface area contributed by atoms with Crippen LogP contribution in [-0.4, -0.2) is 12.6 Å². The van der Waals surface area contributed by atoms with Crippen LogP contribution in [0.5, 0.6) is 0 Å². The van der Waals surface area contributed by atoms with Crippen molar-refractivity contribution in [2.75, 3.05) is 6.54 Å². The molecular weight excluding hydrogens is 173 g/mol. The molecule has 12 heavy (non-hydrogen) atoms. The second-order valence-corrected chi connectivity index (χ2v) is 3.72. The van der Waals surface area contributed by atoms with E-state index in [0.29, 0.717) is 12.5 Å². The molecule has 0 bridgehead atoms. The topological polar surface area (TPSA) is 52.3 Å². The SMILES string of the molecule is CC(C)CC(CCCN)OP=O. The molecule has 0 rings (SSSR count). The first-order chi connectivity index (χ1) is 5.70. The van der Waals surface area contributed by atoms with Crippen LogP contribution in [0.15, 0.2) is 0 Å². The largest absolute Gasteiger partial charge is 0.330 e. The van der Waals surface area contributed by atoms with Gasteiger partial charge in [-0.05, 0) is 31.7 Å². The summed E-state index contributed by atoms with van der Waals surface area (Å²) in [7, 11) is -0.215. The number of hydrogen-bond donors (Lipinski definition) is 1. The average molecular weight is 191 g/mol. The minimum Gasteiger partial charge on any atom is -0.330 e. The van der Waals surface area contributed by atoms with Crippen LogP contribution in [0.2, 0.25) is 0 Å². The molecule has 0 amide bonds. The van der Waals surface area contributed by atoms with Gasteiger partial charge in [0.25, 0.3) is 0 Å². The van der Waals surface area contributed by atoms with Crippen LogP contribution in [-0.2, 0) is 9.09 Å². The van der Waals surface area contributed by atoms with E-state index in [1.54, 1.807) is 0 Å². The molecule has 1 unspecified atom stereocenters. The Labute approximate surface area is 76.0 Å². The highest BCUT2D eigenvalue weighted by molar-refractivity contribution is 7.17. The number of rotatable bonds is 7. The summed E-state index contributed by atoms with van der Waals surface area (Å²) >= 11 is 0. The maximum Gasteiger partial charge on any atom is 0.327 e. The normalized spacial score (nSPS) is 14.0. The Hall–Kier alpha value is 0.0200. The van der Waals surface area contributed by atoms with Gasteiger partial charge in [0.1, 0.15) is 0 Å². The summed E-state index contributed by atoms with van der Waals surface area (Å²) < 4.78 is 15.2. The minimum atomic E-state index is -0.215. The van der Waals surface area contributed by atoms with Crippen LogP contribution < -0.4 is 5.73 Å². The molecule has 0 spiro atoms. The lowest BCUT2D eigenvalue weighted by atomic mass is 10.0. The summed E-state index contributed by atoms with van der Waals surface area (Å²) in [6.45, 7) is 4.93. The smallest absolute Gasteiger partial charge is 0.327 e. The van der Waals surface area contributed by atoms with E-state index in [1.165, 1.54) is 0 Å². The molecule has 0 aliphatic carbocycles. The second kappa shape index (κ2) is 7.66. The fourth-order valence-corrected chi connectivity index (χ4v) is 1.46. The van der Waals surface area contributed by atoms with Crippen molar-refractivity contribution < 1.29 is 9.09 Å². The number of hydrogen-bond acceptors (Lipinski definition) is 3. The second-order valence-electron chi connectivity index (χ2n) is 3.36. The molecule has 4 heteroatoms. The first-order valence-electron chi connectivity index (χ1n) is 4.39. The Morgan fingerprint density at radius 1 is 1.50 bits per heavy atom. The Balaban J connectivity index is 3.61. The van der Waals surface area contributed by atoms with Gasteiger partial charge in [0.05, 0.1) is 6.10 Å². The zero-order valence-electron chi connectivity index (χ0n) is 7.82. The summed E-state index contributed by atoms with van der Waals surface area (Å²) in [6, 6.07) is 0. The summed E-state index contributed by atoms with van der Waals surface area (Å²) in [5.41, 5.74) is 5.37. The van der Waals surface area contributed by atoms with Gasteiger partial charge in [0.2, 0.25) is 0 Å². The van der Waals surface area contributed by atoms with Crippen molar-refractivity contribution >= 4 is 8.69 Å². The van der Waals surface area contributed by atoms with Crippen LogP contribution in [0.1, 0.15) is 33.1 Å². The van der Waals surface area contributed by atoms with Gasteiger partial charge in [0, 0.05) is 0 Å². The van der Waals surface area contributed by atoms with E-state index in [2.05, 4.69) is 13.8 Å². The van der Waals surface area contributed by atoms with Gasteiger partial charge in [-0.15, -0.1) is 0 Å². The fourth-order valence-electron chi connectivity index (χ4n) is 1.15. The molecule has 1 atom stereocenters. The van der Waals surface area contributed by atoms with E-state index in [0.717, 1.165) is 19.3 Å². The Kier molecular flexibility index (Phi) is 7.67. The van der Waals surface area contributed by atoms with Gasteiger partial charge >= 0.3 is 8.69 Å². The fraction of sp³-hybridized carbons (Fsp3) is 1.00. The van der Waals surface area contributed by atoms with E-state index in [4.69, 9.17) is 10.3 Å². The highest BCUT2D eigenvalue weighted by Crippen LogP contribution is 2.17. The molecule has 0 saturated heterocycles. The molecule has 2 N–H and O–H groups in total. The van der Waals surface area contributed by atoms with E-state index >= 15 is 0 Å². The molecule has 0 aliphatic heterocycles. The molecule has 0 aromatic carbocycles. The zero-order chi connectivity index (χ0) is 9.40. The molecule has 0 aromatic heterocycles. The van der Waals surface area contributed by atoms with Gasteiger partial charge in [-0.1, -0.05) is 13.8 Å². The first kappa shape index (κ1) is 12.0. The van der Waals surface area contributed by atoms with Gasteiger partial charge in [-0.3, -0.25) is 4.52 Å². The van der Waals surface area contributed by atoms with Gasteiger partial charge in [-0.2, -0.15) is 0 Å². The molecule has 72 valence electrons. The van der Waals surface area contributed by atoms with Crippen molar-refractivity contribution in [3.05, 3.63) is 0 Å². The Bertz CT molecular complexity index is 120. The van der Waals surface area contributed by atoms with Crippen molar-refractivity contribution in [2.45, 2.75) is 39.2 Å². The summed E-state index contributed by atoms with van der Waals surface area (Å²) in [6.07, 6.45) is 2.90. The van der Waals surface area contributed by atoms with Crippen molar-refractivity contribution in [1.82, 2.24) is 0 Å². The van der Waals surface area contributed by atoms with Crippen molar-refractivity contribution in [3.8, 4) is 0 Å². The summed E-state index contributed by atoms with van der Waals surface area (Å²) in [4.78, 5) is 0.